The Balaban J connectivity index is 1.50. The molecule has 0 saturated carbocycles. The lowest BCUT2D eigenvalue weighted by Crippen LogP contribution is -2.01. The van der Waals surface area contributed by atoms with E-state index in [4.69, 9.17) is 16.3 Å². The van der Waals surface area contributed by atoms with E-state index in [2.05, 4.69) is 20.4 Å². The van der Waals surface area contributed by atoms with Crippen LogP contribution in [0.25, 0.3) is 11.3 Å². The maximum atomic E-state index is 13.9. The first-order valence-electron chi connectivity index (χ1n) is 8.80. The zero-order chi connectivity index (χ0) is 20.2. The first-order chi connectivity index (χ1) is 14.1. The second kappa shape index (κ2) is 8.28. The van der Waals surface area contributed by atoms with Crippen molar-refractivity contribution in [2.24, 2.45) is 0 Å². The number of ether oxygens (including phenoxy) is 1. The average molecular weight is 410 g/mol. The molecule has 29 heavy (non-hydrogen) atoms. The molecule has 4 rings (SSSR count). The molecule has 4 aromatic rings. The van der Waals surface area contributed by atoms with Crippen molar-refractivity contribution in [3.63, 3.8) is 0 Å². The number of anilines is 2. The van der Waals surface area contributed by atoms with Crippen molar-refractivity contribution in [2.45, 2.75) is 6.54 Å². The molecule has 0 amide bonds. The highest BCUT2D eigenvalue weighted by Crippen LogP contribution is 2.23. The summed E-state index contributed by atoms with van der Waals surface area (Å²) in [4.78, 5) is 8.57. The lowest BCUT2D eigenvalue weighted by Gasteiger charge is -2.06. The maximum absolute atomic E-state index is 13.9. The molecule has 0 aliphatic heterocycles. The number of aromatic nitrogens is 4. The molecular weight excluding hydrogens is 393 g/mol. The fourth-order valence-electron chi connectivity index (χ4n) is 2.84. The van der Waals surface area contributed by atoms with Crippen molar-refractivity contribution in [1.29, 1.82) is 0 Å². The molecule has 0 unspecified atom stereocenters. The minimum Gasteiger partial charge on any atom is -0.494 e. The summed E-state index contributed by atoms with van der Waals surface area (Å²) in [5, 5.41) is 8.23. The highest BCUT2D eigenvalue weighted by molar-refractivity contribution is 6.30. The lowest BCUT2D eigenvalue weighted by atomic mass is 10.2. The number of rotatable bonds is 6. The Bertz CT molecular complexity index is 1130. The highest BCUT2D eigenvalue weighted by atomic mass is 35.5. The number of hydrogen-bond acceptors (Lipinski definition) is 5. The molecule has 0 atom stereocenters. The van der Waals surface area contributed by atoms with Crippen LogP contribution >= 0.6 is 11.6 Å². The quantitative estimate of drug-likeness (QED) is 0.489. The molecule has 2 aromatic carbocycles. The van der Waals surface area contributed by atoms with Crippen LogP contribution in [0.15, 0.2) is 67.3 Å². The summed E-state index contributed by atoms with van der Waals surface area (Å²) >= 11 is 5.91. The molecule has 8 heteroatoms. The number of nitrogens with zero attached hydrogens (tertiary/aromatic N) is 4. The summed E-state index contributed by atoms with van der Waals surface area (Å²) in [5.41, 5.74) is 3.21. The Morgan fingerprint density at radius 3 is 2.69 bits per heavy atom. The van der Waals surface area contributed by atoms with Crippen LogP contribution in [0, 0.1) is 5.82 Å². The van der Waals surface area contributed by atoms with Crippen LogP contribution in [0.3, 0.4) is 0 Å². The molecule has 1 N–H and O–H groups in total. The largest absolute Gasteiger partial charge is 0.494 e. The Labute approximate surface area is 172 Å². The summed E-state index contributed by atoms with van der Waals surface area (Å²) in [5.74, 6) is 0.477. The minimum atomic E-state index is -0.397. The Morgan fingerprint density at radius 1 is 1.10 bits per heavy atom. The topological polar surface area (TPSA) is 64.9 Å². The van der Waals surface area contributed by atoms with Crippen molar-refractivity contribution >= 4 is 23.1 Å². The van der Waals surface area contributed by atoms with E-state index in [0.717, 1.165) is 22.5 Å². The number of benzene rings is 2. The van der Waals surface area contributed by atoms with Gasteiger partial charge in [-0.1, -0.05) is 17.7 Å². The zero-order valence-electron chi connectivity index (χ0n) is 15.5. The van der Waals surface area contributed by atoms with Gasteiger partial charge in [-0.2, -0.15) is 5.10 Å². The Morgan fingerprint density at radius 2 is 1.93 bits per heavy atom. The van der Waals surface area contributed by atoms with Gasteiger partial charge < -0.3 is 10.1 Å². The fraction of sp³-hybridized carbons (Fsp3) is 0.0952. The smallest absolute Gasteiger partial charge is 0.165 e. The first-order valence-corrected chi connectivity index (χ1v) is 9.18. The van der Waals surface area contributed by atoms with Gasteiger partial charge >= 0.3 is 0 Å². The van der Waals surface area contributed by atoms with Crippen LogP contribution in [-0.4, -0.2) is 26.9 Å². The van der Waals surface area contributed by atoms with E-state index in [9.17, 15) is 4.39 Å². The molecule has 0 saturated heterocycles. The molecule has 2 heterocycles. The minimum absolute atomic E-state index is 0.219. The SMILES string of the molecule is COc1ccc(Cn2cc(-c3cc(Nc4ccc(Cl)cc4)ncn3)cn2)cc1F. The maximum Gasteiger partial charge on any atom is 0.165 e. The van der Waals surface area contributed by atoms with Crippen LogP contribution in [0.2, 0.25) is 5.02 Å². The predicted molar refractivity (Wildman–Crippen MR) is 110 cm³/mol. The lowest BCUT2D eigenvalue weighted by molar-refractivity contribution is 0.386. The van der Waals surface area contributed by atoms with Crippen molar-refractivity contribution < 1.29 is 9.13 Å². The second-order valence-corrected chi connectivity index (χ2v) is 6.75. The van der Waals surface area contributed by atoms with Crippen molar-refractivity contribution in [1.82, 2.24) is 19.7 Å². The highest BCUT2D eigenvalue weighted by Gasteiger charge is 2.08. The Hall–Kier alpha value is -3.45. The molecule has 146 valence electrons. The predicted octanol–water partition coefficient (Wildman–Crippen LogP) is 4.93. The van der Waals surface area contributed by atoms with E-state index in [1.165, 1.54) is 19.5 Å². The van der Waals surface area contributed by atoms with Gasteiger partial charge in [0.25, 0.3) is 0 Å². The van der Waals surface area contributed by atoms with E-state index in [0.29, 0.717) is 17.4 Å². The summed E-state index contributed by atoms with van der Waals surface area (Å²) in [6.45, 7) is 0.432. The van der Waals surface area contributed by atoms with Gasteiger partial charge in [-0.25, -0.2) is 14.4 Å². The van der Waals surface area contributed by atoms with E-state index in [-0.39, 0.29) is 5.75 Å². The first kappa shape index (κ1) is 18.9. The normalized spacial score (nSPS) is 10.7. The standard InChI is InChI=1S/C21H17ClFN5O/c1-29-20-7-2-14(8-18(20)23)11-28-12-15(10-26-28)19-9-21(25-13-24-19)27-17-5-3-16(22)4-6-17/h2-10,12-13H,11H2,1H3,(H,24,25,27). The van der Waals surface area contributed by atoms with Gasteiger partial charge in [0.1, 0.15) is 12.1 Å². The number of nitrogens with one attached hydrogen (secondary N) is 1. The van der Waals surface area contributed by atoms with Gasteiger partial charge in [-0.05, 0) is 42.0 Å². The molecule has 0 fully saturated rings. The molecular formula is C21H17ClFN5O. The fourth-order valence-corrected chi connectivity index (χ4v) is 2.97. The van der Waals surface area contributed by atoms with E-state index < -0.39 is 5.82 Å². The van der Waals surface area contributed by atoms with Crippen molar-refractivity contribution in [3.05, 3.63) is 83.7 Å². The van der Waals surface area contributed by atoms with Crippen LogP contribution in [-0.2, 0) is 6.54 Å². The number of methoxy groups -OCH3 is 1. The molecule has 0 bridgehead atoms. The third-order valence-electron chi connectivity index (χ3n) is 4.27. The van der Waals surface area contributed by atoms with Gasteiger partial charge in [0.05, 0.1) is 25.5 Å². The molecule has 0 aliphatic carbocycles. The van der Waals surface area contributed by atoms with Crippen molar-refractivity contribution in [3.8, 4) is 17.0 Å². The third-order valence-corrected chi connectivity index (χ3v) is 4.53. The summed E-state index contributed by atoms with van der Waals surface area (Å²) in [6.07, 6.45) is 5.06. The Kier molecular flexibility index (Phi) is 5.39. The second-order valence-electron chi connectivity index (χ2n) is 6.32. The summed E-state index contributed by atoms with van der Waals surface area (Å²) < 4.78 is 20.6. The number of halogens is 2. The molecule has 0 aliphatic rings. The van der Waals surface area contributed by atoms with Crippen LogP contribution in [0.4, 0.5) is 15.9 Å². The average Bonchev–Trinajstić information content (AvgIpc) is 3.19. The van der Waals surface area contributed by atoms with E-state index in [1.807, 2.05) is 30.5 Å². The van der Waals surface area contributed by atoms with Gasteiger partial charge in [0, 0.05) is 28.5 Å². The molecule has 2 aromatic heterocycles. The molecule has 0 spiro atoms. The molecule has 0 radical (unpaired) electrons. The molecule has 6 nitrogen and oxygen atoms in total. The van der Waals surface area contributed by atoms with Crippen LogP contribution < -0.4 is 10.1 Å². The van der Waals surface area contributed by atoms with Gasteiger partial charge in [0.2, 0.25) is 0 Å². The van der Waals surface area contributed by atoms with E-state index in [1.54, 1.807) is 29.1 Å². The van der Waals surface area contributed by atoms with Gasteiger partial charge in [-0.3, -0.25) is 4.68 Å². The third kappa shape index (κ3) is 4.52. The summed E-state index contributed by atoms with van der Waals surface area (Å²) in [7, 11) is 1.44. The van der Waals surface area contributed by atoms with Crippen LogP contribution in [0.1, 0.15) is 5.56 Å². The van der Waals surface area contributed by atoms with E-state index >= 15 is 0 Å². The number of hydrogen-bond donors (Lipinski definition) is 1. The van der Waals surface area contributed by atoms with Crippen LogP contribution in [0.5, 0.6) is 5.75 Å². The van der Waals surface area contributed by atoms with Gasteiger partial charge in [-0.15, -0.1) is 0 Å². The van der Waals surface area contributed by atoms with Gasteiger partial charge in [0.15, 0.2) is 11.6 Å². The van der Waals surface area contributed by atoms with Crippen molar-refractivity contribution in [2.75, 3.05) is 12.4 Å². The summed E-state index contributed by atoms with van der Waals surface area (Å²) in [6, 6.07) is 14.0. The zero-order valence-corrected chi connectivity index (χ0v) is 16.3. The monoisotopic (exact) mass is 409 g/mol.